The van der Waals surface area contributed by atoms with Crippen LogP contribution >= 0.6 is 0 Å². The number of nitrogens with one attached hydrogen (secondary N) is 1. The zero-order valence-corrected chi connectivity index (χ0v) is 11.0. The summed E-state index contributed by atoms with van der Waals surface area (Å²) < 4.78 is 0. The monoisotopic (exact) mass is 263 g/mol. The lowest BCUT2D eigenvalue weighted by Gasteiger charge is -2.28. The molecular weight excluding hydrogens is 250 g/mol. The molecule has 0 fully saturated rings. The highest BCUT2D eigenvalue weighted by Crippen LogP contribution is 2.32. The summed E-state index contributed by atoms with van der Waals surface area (Å²) >= 11 is 0. The lowest BCUT2D eigenvalue weighted by atomic mass is 9.97. The fourth-order valence-corrected chi connectivity index (χ4v) is 2.55. The zero-order valence-electron chi connectivity index (χ0n) is 11.0. The van der Waals surface area contributed by atoms with E-state index in [1.54, 1.807) is 0 Å². The van der Waals surface area contributed by atoms with Crippen molar-refractivity contribution in [2.75, 3.05) is 5.01 Å². The molecule has 0 unspecified atom stereocenters. The first-order chi connectivity index (χ1) is 9.83. The van der Waals surface area contributed by atoms with Crippen molar-refractivity contribution in [2.24, 2.45) is 15.3 Å². The number of nitrogens with zero attached hydrogens (tertiary/aromatic N) is 4. The van der Waals surface area contributed by atoms with Crippen molar-refractivity contribution >= 4 is 11.4 Å². The van der Waals surface area contributed by atoms with Gasteiger partial charge in [-0.25, -0.2) is 10.0 Å². The van der Waals surface area contributed by atoms with Crippen LogP contribution in [0.25, 0.3) is 0 Å². The number of fused-ring (bicyclic) bond motifs is 3. The normalized spacial score (nSPS) is 19.1. The van der Waals surface area contributed by atoms with Crippen molar-refractivity contribution in [3.63, 3.8) is 0 Å². The minimum atomic E-state index is -0.319. The van der Waals surface area contributed by atoms with E-state index in [9.17, 15) is 0 Å². The van der Waals surface area contributed by atoms with Crippen LogP contribution in [0.5, 0.6) is 0 Å². The quantitative estimate of drug-likeness (QED) is 0.860. The number of hydrogen-bond acceptors (Lipinski definition) is 5. The highest BCUT2D eigenvalue weighted by Gasteiger charge is 2.31. The Hall–Kier alpha value is -2.69. The summed E-state index contributed by atoms with van der Waals surface area (Å²) in [5.41, 5.74) is 8.32. The standard InChI is InChI=1S/C15H13N5/c1-10-7-8-13-12(9-10)14(11-5-3-2-4-6-11)16-15-17-18-19-20(13)15/h2-9,15H,1H3,(H,17,19)/t15-/m0/s1. The average Bonchev–Trinajstić information content (AvgIpc) is 2.95. The van der Waals surface area contributed by atoms with Gasteiger partial charge in [-0.3, -0.25) is 0 Å². The summed E-state index contributed by atoms with van der Waals surface area (Å²) in [5, 5.41) is 9.85. The maximum absolute atomic E-state index is 4.72. The molecule has 0 bridgehead atoms. The van der Waals surface area contributed by atoms with Crippen LogP contribution in [0.1, 0.15) is 16.7 Å². The molecule has 0 aliphatic carbocycles. The summed E-state index contributed by atoms with van der Waals surface area (Å²) in [6.45, 7) is 2.08. The fraction of sp³-hybridized carbons (Fsp3) is 0.133. The second-order valence-electron chi connectivity index (χ2n) is 4.90. The van der Waals surface area contributed by atoms with Gasteiger partial charge in [0.2, 0.25) is 0 Å². The minimum Gasteiger partial charge on any atom is -0.234 e. The van der Waals surface area contributed by atoms with Gasteiger partial charge in [-0.1, -0.05) is 47.2 Å². The van der Waals surface area contributed by atoms with Gasteiger partial charge in [-0.15, -0.1) is 5.11 Å². The SMILES string of the molecule is Cc1ccc2c(c1)C(c1ccccc1)=N[C@H]1N=NNN21. The van der Waals surface area contributed by atoms with Crippen molar-refractivity contribution < 1.29 is 0 Å². The molecule has 5 heteroatoms. The molecule has 0 amide bonds. The second-order valence-corrected chi connectivity index (χ2v) is 4.90. The van der Waals surface area contributed by atoms with E-state index < -0.39 is 0 Å². The molecule has 2 aliphatic rings. The first-order valence-corrected chi connectivity index (χ1v) is 6.52. The third kappa shape index (κ3) is 1.60. The third-order valence-electron chi connectivity index (χ3n) is 3.50. The van der Waals surface area contributed by atoms with Crippen LogP contribution < -0.4 is 10.5 Å². The van der Waals surface area contributed by atoms with E-state index in [1.165, 1.54) is 5.56 Å². The Morgan fingerprint density at radius 1 is 1.10 bits per heavy atom. The van der Waals surface area contributed by atoms with Gasteiger partial charge in [-0.05, 0) is 19.1 Å². The van der Waals surface area contributed by atoms with Crippen LogP contribution in [0.15, 0.2) is 63.9 Å². The van der Waals surface area contributed by atoms with E-state index in [2.05, 4.69) is 53.1 Å². The fourth-order valence-electron chi connectivity index (χ4n) is 2.55. The van der Waals surface area contributed by atoms with E-state index in [0.717, 1.165) is 22.5 Å². The smallest absolute Gasteiger partial charge is 0.234 e. The molecule has 2 heterocycles. The maximum atomic E-state index is 4.72. The molecular formula is C15H13N5. The van der Waals surface area contributed by atoms with Crippen LogP contribution in [-0.4, -0.2) is 12.0 Å². The highest BCUT2D eigenvalue weighted by atomic mass is 15.8. The van der Waals surface area contributed by atoms with Crippen molar-refractivity contribution in [2.45, 2.75) is 13.2 Å². The summed E-state index contributed by atoms with van der Waals surface area (Å²) in [5.74, 6) is 0. The first-order valence-electron chi connectivity index (χ1n) is 6.52. The number of hydrazine groups is 1. The lowest BCUT2D eigenvalue weighted by molar-refractivity contribution is 0.640. The molecule has 0 aromatic heterocycles. The van der Waals surface area contributed by atoms with Gasteiger partial charge < -0.3 is 0 Å². The molecule has 0 spiro atoms. The average molecular weight is 263 g/mol. The van der Waals surface area contributed by atoms with E-state index >= 15 is 0 Å². The Morgan fingerprint density at radius 2 is 1.95 bits per heavy atom. The molecule has 4 rings (SSSR count). The van der Waals surface area contributed by atoms with Crippen molar-refractivity contribution in [3.05, 3.63) is 65.2 Å². The third-order valence-corrected chi connectivity index (χ3v) is 3.50. The summed E-state index contributed by atoms with van der Waals surface area (Å²) in [6.07, 6.45) is -0.319. The molecule has 2 aromatic carbocycles. The highest BCUT2D eigenvalue weighted by molar-refractivity contribution is 6.17. The van der Waals surface area contributed by atoms with Crippen LogP contribution in [0.4, 0.5) is 5.69 Å². The number of anilines is 1. The van der Waals surface area contributed by atoms with E-state index in [1.807, 2.05) is 23.2 Å². The molecule has 98 valence electrons. The van der Waals surface area contributed by atoms with Crippen molar-refractivity contribution in [1.29, 1.82) is 0 Å². The van der Waals surface area contributed by atoms with Crippen LogP contribution in [0.3, 0.4) is 0 Å². The maximum Gasteiger partial charge on any atom is 0.256 e. The number of aliphatic imine (C=N–C) groups is 1. The van der Waals surface area contributed by atoms with Gasteiger partial charge in [0.05, 0.1) is 11.4 Å². The van der Waals surface area contributed by atoms with Gasteiger partial charge in [0, 0.05) is 11.1 Å². The Kier molecular flexibility index (Phi) is 2.32. The van der Waals surface area contributed by atoms with Gasteiger partial charge in [0.15, 0.2) is 0 Å². The molecule has 2 aliphatic heterocycles. The van der Waals surface area contributed by atoms with Gasteiger partial charge in [-0.2, -0.15) is 5.53 Å². The minimum absolute atomic E-state index is 0.319. The molecule has 0 saturated heterocycles. The van der Waals surface area contributed by atoms with E-state index in [0.29, 0.717) is 0 Å². The number of rotatable bonds is 1. The number of benzene rings is 2. The summed E-state index contributed by atoms with van der Waals surface area (Å²) in [6, 6.07) is 16.5. The molecule has 0 radical (unpaired) electrons. The molecule has 1 N–H and O–H groups in total. The van der Waals surface area contributed by atoms with Crippen molar-refractivity contribution in [1.82, 2.24) is 5.53 Å². The van der Waals surface area contributed by atoms with Crippen LogP contribution in [0.2, 0.25) is 0 Å². The zero-order chi connectivity index (χ0) is 13.5. The Morgan fingerprint density at radius 3 is 2.80 bits per heavy atom. The topological polar surface area (TPSA) is 52.4 Å². The summed E-state index contributed by atoms with van der Waals surface area (Å²) in [7, 11) is 0. The van der Waals surface area contributed by atoms with Gasteiger partial charge >= 0.3 is 0 Å². The Labute approximate surface area is 116 Å². The van der Waals surface area contributed by atoms with Gasteiger partial charge in [0.25, 0.3) is 6.29 Å². The van der Waals surface area contributed by atoms with E-state index in [4.69, 9.17) is 4.99 Å². The largest absolute Gasteiger partial charge is 0.256 e. The molecule has 2 aromatic rings. The molecule has 20 heavy (non-hydrogen) atoms. The van der Waals surface area contributed by atoms with Crippen LogP contribution in [-0.2, 0) is 0 Å². The molecule has 0 saturated carbocycles. The molecule has 5 nitrogen and oxygen atoms in total. The van der Waals surface area contributed by atoms with Crippen LogP contribution in [0, 0.1) is 6.92 Å². The summed E-state index contributed by atoms with van der Waals surface area (Å²) in [4.78, 5) is 4.72. The van der Waals surface area contributed by atoms with Crippen molar-refractivity contribution in [3.8, 4) is 0 Å². The molecule has 1 atom stereocenters. The van der Waals surface area contributed by atoms with Gasteiger partial charge in [0.1, 0.15) is 0 Å². The number of hydrogen-bond donors (Lipinski definition) is 1. The Balaban J connectivity index is 1.94. The first kappa shape index (κ1) is 11.2. The second kappa shape index (κ2) is 4.16. The van der Waals surface area contributed by atoms with E-state index in [-0.39, 0.29) is 6.29 Å². The predicted octanol–water partition coefficient (Wildman–Crippen LogP) is 2.82. The number of aryl methyl sites for hydroxylation is 1. The Bertz CT molecular complexity index is 720. The lowest BCUT2D eigenvalue weighted by Crippen LogP contribution is -2.40. The predicted molar refractivity (Wildman–Crippen MR) is 77.5 cm³/mol.